The van der Waals surface area contributed by atoms with Gasteiger partial charge in [0.2, 0.25) is 0 Å². The topological polar surface area (TPSA) is 17.1 Å². The summed E-state index contributed by atoms with van der Waals surface area (Å²) < 4.78 is 0.258. The van der Waals surface area contributed by atoms with Crippen LogP contribution in [-0.2, 0) is 8.03 Å². The lowest BCUT2D eigenvalue weighted by Gasteiger charge is -2.13. The molecule has 16 heavy (non-hydrogen) atoms. The van der Waals surface area contributed by atoms with E-state index in [1.54, 1.807) is 0 Å². The lowest BCUT2D eigenvalue weighted by molar-refractivity contribution is -0.107. The first-order chi connectivity index (χ1) is 7.53. The lowest BCUT2D eigenvalue weighted by Crippen LogP contribution is -2.09. The molecule has 0 radical (unpaired) electrons. The summed E-state index contributed by atoms with van der Waals surface area (Å²) in [5.74, 6) is 0. The van der Waals surface area contributed by atoms with Crippen molar-refractivity contribution in [2.75, 3.05) is 0 Å². The van der Waals surface area contributed by atoms with Gasteiger partial charge in [-0.2, -0.15) is 0 Å². The van der Waals surface area contributed by atoms with E-state index in [4.69, 9.17) is 0 Å². The van der Waals surface area contributed by atoms with Crippen molar-refractivity contribution >= 4 is 64.8 Å². The van der Waals surface area contributed by atoms with Crippen LogP contribution in [0.25, 0.3) is 10.8 Å². The second-order valence-corrected chi connectivity index (χ2v) is 7.93. The van der Waals surface area contributed by atoms with E-state index in [-0.39, 0.29) is 0 Å². The molecule has 0 spiro atoms. The normalized spacial score (nSPS) is 11.7. The standard InChI is InChI=1S/C12H7Br3O/c13-11-4-2-8-5-10(12(14,15)7-16)3-1-9(8)6-11/h1-7H. The maximum atomic E-state index is 10.9. The molecule has 0 aromatic heterocycles. The fourth-order valence-corrected chi connectivity index (χ4v) is 2.36. The highest BCUT2D eigenvalue weighted by molar-refractivity contribution is 9.25. The van der Waals surface area contributed by atoms with Gasteiger partial charge in [0.05, 0.1) is 0 Å². The zero-order chi connectivity index (χ0) is 11.8. The minimum absolute atomic E-state index is 0.790. The Morgan fingerprint density at radius 1 is 1.00 bits per heavy atom. The second kappa shape index (κ2) is 4.59. The Balaban J connectivity index is 2.61. The molecular formula is C12H7Br3O. The average molecular weight is 407 g/mol. The Kier molecular flexibility index (Phi) is 3.52. The molecule has 0 aliphatic heterocycles. The summed E-state index contributed by atoms with van der Waals surface area (Å²) in [6.45, 7) is 0. The summed E-state index contributed by atoms with van der Waals surface area (Å²) in [4.78, 5) is 10.9. The third-order valence-electron chi connectivity index (χ3n) is 2.34. The van der Waals surface area contributed by atoms with E-state index in [2.05, 4.69) is 47.8 Å². The van der Waals surface area contributed by atoms with Gasteiger partial charge >= 0.3 is 0 Å². The van der Waals surface area contributed by atoms with Gasteiger partial charge in [0.25, 0.3) is 0 Å². The first-order valence-corrected chi connectivity index (χ1v) is 6.95. The van der Waals surface area contributed by atoms with E-state index in [1.807, 2.05) is 36.4 Å². The van der Waals surface area contributed by atoms with E-state index in [0.29, 0.717) is 0 Å². The number of rotatable bonds is 2. The van der Waals surface area contributed by atoms with Gasteiger partial charge in [-0.1, -0.05) is 66.0 Å². The average Bonchev–Trinajstić information content (AvgIpc) is 2.28. The van der Waals surface area contributed by atoms with Gasteiger partial charge < -0.3 is 4.79 Å². The minimum atomic E-state index is -0.790. The lowest BCUT2D eigenvalue weighted by atomic mass is 10.1. The van der Waals surface area contributed by atoms with Crippen LogP contribution in [0.15, 0.2) is 40.9 Å². The van der Waals surface area contributed by atoms with Crippen molar-refractivity contribution in [1.82, 2.24) is 0 Å². The SMILES string of the molecule is O=CC(Br)(Br)c1ccc2cc(Br)ccc2c1. The molecule has 4 heteroatoms. The fraction of sp³-hybridized carbons (Fsp3) is 0.0833. The van der Waals surface area contributed by atoms with Crippen LogP contribution in [0.5, 0.6) is 0 Å². The highest BCUT2D eigenvalue weighted by atomic mass is 79.9. The molecule has 0 unspecified atom stereocenters. The molecule has 0 fully saturated rings. The minimum Gasteiger partial charge on any atom is -0.300 e. The highest BCUT2D eigenvalue weighted by Gasteiger charge is 2.24. The van der Waals surface area contributed by atoms with Crippen LogP contribution in [0.3, 0.4) is 0 Å². The molecule has 0 heterocycles. The van der Waals surface area contributed by atoms with Gasteiger partial charge in [-0.3, -0.25) is 0 Å². The summed E-state index contributed by atoms with van der Waals surface area (Å²) in [7, 11) is 0. The van der Waals surface area contributed by atoms with Gasteiger partial charge in [-0.25, -0.2) is 0 Å². The molecule has 0 atom stereocenters. The molecule has 1 nitrogen and oxygen atoms in total. The predicted molar refractivity (Wildman–Crippen MR) is 77.2 cm³/mol. The summed E-state index contributed by atoms with van der Waals surface area (Å²) in [5, 5.41) is 2.24. The molecule has 0 aliphatic rings. The molecule has 2 aromatic carbocycles. The van der Waals surface area contributed by atoms with Crippen molar-refractivity contribution in [3.05, 3.63) is 46.4 Å². The summed E-state index contributed by atoms with van der Waals surface area (Å²) in [5.41, 5.74) is 0.886. The van der Waals surface area contributed by atoms with Crippen LogP contribution >= 0.6 is 47.8 Å². The molecule has 2 rings (SSSR count). The van der Waals surface area contributed by atoms with E-state index >= 15 is 0 Å². The van der Waals surface area contributed by atoms with Crippen molar-refractivity contribution in [2.45, 2.75) is 3.23 Å². The number of benzene rings is 2. The van der Waals surface area contributed by atoms with Gasteiger partial charge in [0, 0.05) is 4.47 Å². The molecule has 0 aliphatic carbocycles. The summed E-state index contributed by atoms with van der Waals surface area (Å²) in [6.07, 6.45) is 0.826. The largest absolute Gasteiger partial charge is 0.300 e. The number of carbonyl (C=O) groups excluding carboxylic acids is 1. The van der Waals surface area contributed by atoms with Crippen molar-refractivity contribution in [3.63, 3.8) is 0 Å². The van der Waals surface area contributed by atoms with Crippen LogP contribution < -0.4 is 0 Å². The molecule has 0 N–H and O–H groups in total. The number of fused-ring (bicyclic) bond motifs is 1. The summed E-state index contributed by atoms with van der Waals surface area (Å²) >= 11 is 10.1. The van der Waals surface area contributed by atoms with Crippen molar-refractivity contribution in [1.29, 1.82) is 0 Å². The maximum absolute atomic E-state index is 10.9. The molecular weight excluding hydrogens is 400 g/mol. The Morgan fingerprint density at radius 2 is 1.62 bits per heavy atom. The number of hydrogen-bond acceptors (Lipinski definition) is 1. The number of halogens is 3. The Bertz CT molecular complexity index is 549. The molecule has 0 amide bonds. The number of carbonyl (C=O) groups is 1. The quantitative estimate of drug-likeness (QED) is 0.520. The predicted octanol–water partition coefficient (Wildman–Crippen LogP) is 4.74. The van der Waals surface area contributed by atoms with Crippen molar-refractivity contribution in [2.24, 2.45) is 0 Å². The van der Waals surface area contributed by atoms with Crippen LogP contribution in [0.4, 0.5) is 0 Å². The summed E-state index contributed by atoms with van der Waals surface area (Å²) in [6, 6.07) is 12.0. The van der Waals surface area contributed by atoms with Crippen LogP contribution in [-0.4, -0.2) is 6.29 Å². The first kappa shape index (κ1) is 12.3. The van der Waals surface area contributed by atoms with Crippen LogP contribution in [0, 0.1) is 0 Å². The van der Waals surface area contributed by atoms with Crippen LogP contribution in [0.2, 0.25) is 0 Å². The highest BCUT2D eigenvalue weighted by Crippen LogP contribution is 2.37. The third-order valence-corrected chi connectivity index (χ3v) is 4.12. The van der Waals surface area contributed by atoms with E-state index in [1.165, 1.54) is 0 Å². The number of hydrogen-bond donors (Lipinski definition) is 0. The van der Waals surface area contributed by atoms with E-state index < -0.39 is 3.23 Å². The Morgan fingerprint density at radius 3 is 2.31 bits per heavy atom. The molecule has 0 saturated carbocycles. The van der Waals surface area contributed by atoms with Gasteiger partial charge in [-0.15, -0.1) is 0 Å². The Labute approximate surface area is 119 Å². The second-order valence-electron chi connectivity index (χ2n) is 3.45. The number of aldehydes is 1. The van der Waals surface area contributed by atoms with E-state index in [0.717, 1.165) is 27.1 Å². The smallest absolute Gasteiger partial charge is 0.160 e. The molecule has 0 bridgehead atoms. The zero-order valence-corrected chi connectivity index (χ0v) is 12.8. The number of alkyl halides is 2. The molecule has 0 saturated heterocycles. The molecule has 82 valence electrons. The fourth-order valence-electron chi connectivity index (χ4n) is 1.49. The van der Waals surface area contributed by atoms with Crippen LogP contribution in [0.1, 0.15) is 5.56 Å². The monoisotopic (exact) mass is 404 g/mol. The van der Waals surface area contributed by atoms with Crippen molar-refractivity contribution in [3.8, 4) is 0 Å². The Hall–Kier alpha value is -0.190. The first-order valence-electron chi connectivity index (χ1n) is 4.57. The maximum Gasteiger partial charge on any atom is 0.160 e. The van der Waals surface area contributed by atoms with E-state index in [9.17, 15) is 4.79 Å². The molecule has 2 aromatic rings. The zero-order valence-electron chi connectivity index (χ0n) is 8.08. The van der Waals surface area contributed by atoms with Gasteiger partial charge in [-0.05, 0) is 34.5 Å². The third kappa shape index (κ3) is 2.39. The van der Waals surface area contributed by atoms with Gasteiger partial charge in [0.1, 0.15) is 0 Å². The van der Waals surface area contributed by atoms with Crippen molar-refractivity contribution < 1.29 is 4.79 Å². The van der Waals surface area contributed by atoms with Gasteiger partial charge in [0.15, 0.2) is 9.52 Å².